The zero-order valence-electron chi connectivity index (χ0n) is 16.1. The number of amides is 1. The van der Waals surface area contributed by atoms with Crippen LogP contribution in [0.2, 0.25) is 0 Å². The molecule has 0 saturated carbocycles. The summed E-state index contributed by atoms with van der Waals surface area (Å²) in [5.41, 5.74) is 1.03. The molecule has 144 valence electrons. The van der Waals surface area contributed by atoms with Crippen LogP contribution in [0.25, 0.3) is 0 Å². The number of benzene rings is 1. The molecule has 7 heteroatoms. The fraction of sp³-hybridized carbons (Fsp3) is 0.400. The highest BCUT2D eigenvalue weighted by Crippen LogP contribution is 2.36. The summed E-state index contributed by atoms with van der Waals surface area (Å²) in [5.74, 6) is 1.36. The summed E-state index contributed by atoms with van der Waals surface area (Å²) in [6, 6.07) is 8.88. The quantitative estimate of drug-likeness (QED) is 0.765. The number of hydrogen-bond acceptors (Lipinski definition) is 5. The number of fused-ring (bicyclic) bond motifs is 1. The Morgan fingerprint density at radius 2 is 2.07 bits per heavy atom. The molecule has 2 unspecified atom stereocenters. The average Bonchev–Trinajstić information content (AvgIpc) is 3.08. The summed E-state index contributed by atoms with van der Waals surface area (Å²) in [5, 5.41) is 3.20. The van der Waals surface area contributed by atoms with E-state index in [-0.39, 0.29) is 6.10 Å². The van der Waals surface area contributed by atoms with E-state index in [0.29, 0.717) is 10.7 Å². The molecule has 2 atom stereocenters. The third-order valence-corrected chi connectivity index (χ3v) is 4.57. The van der Waals surface area contributed by atoms with Crippen molar-refractivity contribution in [3.05, 3.63) is 47.9 Å². The fourth-order valence-electron chi connectivity index (χ4n) is 2.86. The van der Waals surface area contributed by atoms with Crippen LogP contribution in [0.1, 0.15) is 45.1 Å². The second-order valence-corrected chi connectivity index (χ2v) is 7.95. The smallest absolute Gasteiger partial charge is 0.410 e. The van der Waals surface area contributed by atoms with Gasteiger partial charge in [0.1, 0.15) is 34.2 Å². The Hall–Kier alpha value is -2.54. The summed E-state index contributed by atoms with van der Waals surface area (Å²) in [7, 11) is 1.69. The van der Waals surface area contributed by atoms with Crippen LogP contribution < -0.4 is 10.1 Å². The van der Waals surface area contributed by atoms with E-state index in [2.05, 4.69) is 5.32 Å². The monoisotopic (exact) mass is 388 g/mol. The summed E-state index contributed by atoms with van der Waals surface area (Å²) in [4.78, 5) is 14.8. The van der Waals surface area contributed by atoms with Crippen molar-refractivity contribution in [2.24, 2.45) is 0 Å². The van der Waals surface area contributed by atoms with Crippen molar-refractivity contribution in [2.75, 3.05) is 12.4 Å². The van der Waals surface area contributed by atoms with Gasteiger partial charge in [-0.25, -0.2) is 4.79 Å². The highest BCUT2D eigenvalue weighted by molar-refractivity contribution is 7.80. The summed E-state index contributed by atoms with van der Waals surface area (Å²) >= 11 is 5.31. The van der Waals surface area contributed by atoms with Crippen molar-refractivity contribution < 1.29 is 18.7 Å². The lowest BCUT2D eigenvalue weighted by Crippen LogP contribution is -2.37. The summed E-state index contributed by atoms with van der Waals surface area (Å²) in [6.45, 7) is 7.41. The number of furan rings is 1. The number of anilines is 1. The minimum Gasteiger partial charge on any atom is -0.481 e. The molecule has 0 aliphatic carbocycles. The minimum absolute atomic E-state index is 0.177. The molecule has 0 spiro atoms. The van der Waals surface area contributed by atoms with Gasteiger partial charge in [-0.15, -0.1) is 0 Å². The van der Waals surface area contributed by atoms with Crippen LogP contribution in [-0.4, -0.2) is 34.7 Å². The fourth-order valence-corrected chi connectivity index (χ4v) is 3.02. The Balaban J connectivity index is 1.96. The number of rotatable bonds is 3. The molecular weight excluding hydrogens is 364 g/mol. The first-order valence-electron chi connectivity index (χ1n) is 8.76. The topological polar surface area (TPSA) is 63.9 Å². The zero-order chi connectivity index (χ0) is 19.8. The average molecular weight is 388 g/mol. The molecule has 27 heavy (non-hydrogen) atoms. The van der Waals surface area contributed by atoms with E-state index >= 15 is 0 Å². The van der Waals surface area contributed by atoms with Crippen LogP contribution in [0, 0.1) is 0 Å². The van der Waals surface area contributed by atoms with Gasteiger partial charge in [0.25, 0.3) is 0 Å². The molecule has 0 fully saturated rings. The molecule has 1 amide bonds. The molecule has 1 aromatic heterocycles. The van der Waals surface area contributed by atoms with E-state index in [0.717, 1.165) is 17.0 Å². The maximum absolute atomic E-state index is 12.7. The first-order valence-corrected chi connectivity index (χ1v) is 9.17. The lowest BCUT2D eigenvalue weighted by atomic mass is 10.0. The molecule has 1 aliphatic rings. The van der Waals surface area contributed by atoms with Gasteiger partial charge in [0.2, 0.25) is 0 Å². The minimum atomic E-state index is -0.591. The maximum atomic E-state index is 12.7. The van der Waals surface area contributed by atoms with Gasteiger partial charge in [-0.2, -0.15) is 0 Å². The first-order chi connectivity index (χ1) is 12.7. The Morgan fingerprint density at radius 1 is 1.33 bits per heavy atom. The van der Waals surface area contributed by atoms with Crippen LogP contribution in [0.15, 0.2) is 41.0 Å². The van der Waals surface area contributed by atoms with Crippen LogP contribution in [0.5, 0.6) is 5.75 Å². The number of hydrogen-bond donors (Lipinski definition) is 1. The SMILES string of the molecule is CC1Oc2ccc(C(c3ccco3)N(C)C(=O)OC(C)(C)C)cc2NC1=S. The van der Waals surface area contributed by atoms with Crippen molar-refractivity contribution in [3.63, 3.8) is 0 Å². The van der Waals surface area contributed by atoms with Gasteiger partial charge in [0.15, 0.2) is 0 Å². The molecule has 1 aromatic carbocycles. The van der Waals surface area contributed by atoms with Gasteiger partial charge >= 0.3 is 6.09 Å². The van der Waals surface area contributed by atoms with Crippen molar-refractivity contribution in [2.45, 2.75) is 45.4 Å². The number of carbonyl (C=O) groups is 1. The van der Waals surface area contributed by atoms with E-state index in [1.165, 1.54) is 4.90 Å². The van der Waals surface area contributed by atoms with Gasteiger partial charge < -0.3 is 19.2 Å². The number of nitrogens with zero attached hydrogens (tertiary/aromatic N) is 1. The van der Waals surface area contributed by atoms with Crippen molar-refractivity contribution in [3.8, 4) is 5.75 Å². The lowest BCUT2D eigenvalue weighted by molar-refractivity contribution is 0.0233. The second-order valence-electron chi connectivity index (χ2n) is 7.51. The van der Waals surface area contributed by atoms with Crippen molar-refractivity contribution >= 4 is 29.0 Å². The van der Waals surface area contributed by atoms with Crippen LogP contribution in [0.4, 0.5) is 10.5 Å². The lowest BCUT2D eigenvalue weighted by Gasteiger charge is -2.31. The normalized spacial score (nSPS) is 17.4. The number of carbonyl (C=O) groups excluding carboxylic acids is 1. The number of nitrogens with one attached hydrogen (secondary N) is 1. The van der Waals surface area contributed by atoms with E-state index in [9.17, 15) is 4.79 Å². The molecule has 1 N–H and O–H groups in total. The molecule has 1 aliphatic heterocycles. The highest BCUT2D eigenvalue weighted by Gasteiger charge is 2.31. The molecule has 2 aromatic rings. The first kappa shape index (κ1) is 19.2. The van der Waals surface area contributed by atoms with E-state index < -0.39 is 17.7 Å². The van der Waals surface area contributed by atoms with Gasteiger partial charge in [-0.3, -0.25) is 4.90 Å². The summed E-state index contributed by atoms with van der Waals surface area (Å²) < 4.78 is 16.9. The van der Waals surface area contributed by atoms with Gasteiger partial charge in [-0.1, -0.05) is 18.3 Å². The molecular formula is C20H24N2O4S. The Morgan fingerprint density at radius 3 is 2.70 bits per heavy atom. The van der Waals surface area contributed by atoms with Crippen LogP contribution in [-0.2, 0) is 4.74 Å². The van der Waals surface area contributed by atoms with Gasteiger partial charge in [-0.05, 0) is 57.5 Å². The largest absolute Gasteiger partial charge is 0.481 e. The van der Waals surface area contributed by atoms with E-state index in [4.69, 9.17) is 26.1 Å². The zero-order valence-corrected chi connectivity index (χ0v) is 16.9. The Kier molecular flexibility index (Phi) is 5.15. The summed E-state index contributed by atoms with van der Waals surface area (Å²) in [6.07, 6.45) is 0.973. The van der Waals surface area contributed by atoms with Gasteiger partial charge in [0.05, 0.1) is 12.0 Å². The number of thiocarbonyl (C=S) groups is 1. The van der Waals surface area contributed by atoms with Crippen molar-refractivity contribution in [1.82, 2.24) is 4.90 Å². The second kappa shape index (κ2) is 7.23. The third kappa shape index (κ3) is 4.24. The van der Waals surface area contributed by atoms with E-state index in [1.807, 2.05) is 52.0 Å². The van der Waals surface area contributed by atoms with Crippen molar-refractivity contribution in [1.29, 1.82) is 0 Å². The third-order valence-electron chi connectivity index (χ3n) is 4.13. The predicted molar refractivity (Wildman–Crippen MR) is 107 cm³/mol. The van der Waals surface area contributed by atoms with Crippen LogP contribution >= 0.6 is 12.2 Å². The highest BCUT2D eigenvalue weighted by atomic mass is 32.1. The molecule has 0 radical (unpaired) electrons. The standard InChI is InChI=1S/C20H24N2O4S/c1-12-18(27)21-14-11-13(8-9-15(14)25-12)17(16-7-6-10-24-16)22(5)19(23)26-20(2,3)4/h6-12,17H,1-5H3,(H,21,27). The van der Waals surface area contributed by atoms with Crippen LogP contribution in [0.3, 0.4) is 0 Å². The van der Waals surface area contributed by atoms with E-state index in [1.54, 1.807) is 19.4 Å². The maximum Gasteiger partial charge on any atom is 0.410 e. The molecule has 2 heterocycles. The Bertz CT molecular complexity index is 842. The molecule has 6 nitrogen and oxygen atoms in total. The molecule has 0 bridgehead atoms. The van der Waals surface area contributed by atoms with Gasteiger partial charge in [0, 0.05) is 7.05 Å². The number of ether oxygens (including phenoxy) is 2. The predicted octanol–water partition coefficient (Wildman–Crippen LogP) is 4.76. The molecule has 0 saturated heterocycles. The molecule has 3 rings (SSSR count). The Labute approximate surface area is 164 Å².